The average molecular weight is 303 g/mol. The van der Waals surface area contributed by atoms with Gasteiger partial charge in [-0.05, 0) is 30.4 Å². The fourth-order valence-electron chi connectivity index (χ4n) is 3.29. The van der Waals surface area contributed by atoms with Crippen LogP contribution < -0.4 is 0 Å². The predicted molar refractivity (Wildman–Crippen MR) is 80.3 cm³/mol. The van der Waals surface area contributed by atoms with Crippen LogP contribution in [-0.4, -0.2) is 40.6 Å². The standard InChI is InChI=1S/C17H21NO4/c19-16(10-14-7-3-4-8-22-14)18-11-13-6-2-1-5-12(13)9-15(18)17(20)21/h1-2,5-6,14-15H,3-4,7-11H2,(H,20,21)/t14-,15-/m1/s1. The van der Waals surface area contributed by atoms with Crippen LogP contribution in [0.25, 0.3) is 0 Å². The van der Waals surface area contributed by atoms with E-state index in [4.69, 9.17) is 4.74 Å². The number of ether oxygens (including phenoxy) is 1. The lowest BCUT2D eigenvalue weighted by molar-refractivity contribution is -0.153. The third kappa shape index (κ3) is 3.14. The highest BCUT2D eigenvalue weighted by atomic mass is 16.5. The molecule has 2 aliphatic heterocycles. The lowest BCUT2D eigenvalue weighted by atomic mass is 9.93. The van der Waals surface area contributed by atoms with Crippen LogP contribution >= 0.6 is 0 Å². The average Bonchev–Trinajstić information content (AvgIpc) is 2.54. The van der Waals surface area contributed by atoms with Crippen molar-refractivity contribution in [2.24, 2.45) is 0 Å². The van der Waals surface area contributed by atoms with Crippen LogP contribution in [0.2, 0.25) is 0 Å². The van der Waals surface area contributed by atoms with Crippen LogP contribution in [0.4, 0.5) is 0 Å². The largest absolute Gasteiger partial charge is 0.480 e. The molecule has 1 aromatic carbocycles. The highest BCUT2D eigenvalue weighted by molar-refractivity contribution is 5.84. The van der Waals surface area contributed by atoms with Gasteiger partial charge in [-0.25, -0.2) is 4.79 Å². The molecule has 1 N–H and O–H groups in total. The third-order valence-electron chi connectivity index (χ3n) is 4.53. The van der Waals surface area contributed by atoms with Gasteiger partial charge in [0.2, 0.25) is 5.91 Å². The summed E-state index contributed by atoms with van der Waals surface area (Å²) >= 11 is 0. The Morgan fingerprint density at radius 1 is 1.23 bits per heavy atom. The van der Waals surface area contributed by atoms with Crippen molar-refractivity contribution in [2.45, 2.75) is 50.8 Å². The van der Waals surface area contributed by atoms with E-state index in [1.165, 1.54) is 4.90 Å². The van der Waals surface area contributed by atoms with E-state index in [0.29, 0.717) is 19.6 Å². The summed E-state index contributed by atoms with van der Waals surface area (Å²) in [5.74, 6) is -1.05. The first-order chi connectivity index (χ1) is 10.6. The summed E-state index contributed by atoms with van der Waals surface area (Å²) in [4.78, 5) is 25.6. The van der Waals surface area contributed by atoms with Crippen LogP contribution in [0, 0.1) is 0 Å². The Kier molecular flexibility index (Phi) is 4.43. The van der Waals surface area contributed by atoms with Crippen molar-refractivity contribution in [3.05, 3.63) is 35.4 Å². The molecule has 3 rings (SSSR count). The summed E-state index contributed by atoms with van der Waals surface area (Å²) in [5.41, 5.74) is 2.06. The Labute approximate surface area is 129 Å². The predicted octanol–water partition coefficient (Wildman–Crippen LogP) is 1.98. The molecule has 2 aliphatic rings. The smallest absolute Gasteiger partial charge is 0.326 e. The van der Waals surface area contributed by atoms with Gasteiger partial charge < -0.3 is 14.7 Å². The molecule has 0 bridgehead atoms. The lowest BCUT2D eigenvalue weighted by Gasteiger charge is -2.35. The Bertz CT molecular complexity index is 566. The maximum Gasteiger partial charge on any atom is 0.326 e. The fourth-order valence-corrected chi connectivity index (χ4v) is 3.29. The highest BCUT2D eigenvalue weighted by Gasteiger charge is 2.35. The first-order valence-electron chi connectivity index (χ1n) is 7.86. The minimum Gasteiger partial charge on any atom is -0.480 e. The molecule has 118 valence electrons. The van der Waals surface area contributed by atoms with E-state index in [0.717, 1.165) is 30.4 Å². The number of carboxylic acid groups (broad SMARTS) is 1. The van der Waals surface area contributed by atoms with E-state index in [2.05, 4.69) is 0 Å². The molecule has 0 aromatic heterocycles. The zero-order chi connectivity index (χ0) is 15.5. The Hall–Kier alpha value is -1.88. The van der Waals surface area contributed by atoms with Gasteiger partial charge in [0.05, 0.1) is 12.5 Å². The van der Waals surface area contributed by atoms with Gasteiger partial charge in [0.1, 0.15) is 6.04 Å². The maximum atomic E-state index is 12.6. The molecule has 2 heterocycles. The minimum atomic E-state index is -0.938. The number of benzene rings is 1. The first-order valence-corrected chi connectivity index (χ1v) is 7.86. The number of carbonyl (C=O) groups is 2. The second-order valence-corrected chi connectivity index (χ2v) is 6.04. The van der Waals surface area contributed by atoms with Crippen LogP contribution in [0.1, 0.15) is 36.8 Å². The number of carboxylic acids is 1. The zero-order valence-corrected chi connectivity index (χ0v) is 12.5. The molecule has 5 heteroatoms. The Morgan fingerprint density at radius 3 is 2.68 bits per heavy atom. The number of fused-ring (bicyclic) bond motifs is 1. The second-order valence-electron chi connectivity index (χ2n) is 6.04. The Balaban J connectivity index is 1.75. The number of aliphatic carboxylic acids is 1. The van der Waals surface area contributed by atoms with E-state index >= 15 is 0 Å². The van der Waals surface area contributed by atoms with Gasteiger partial charge in [-0.15, -0.1) is 0 Å². The van der Waals surface area contributed by atoms with Gasteiger partial charge in [0.15, 0.2) is 0 Å². The van der Waals surface area contributed by atoms with E-state index in [1.54, 1.807) is 0 Å². The third-order valence-corrected chi connectivity index (χ3v) is 4.53. The van der Waals surface area contributed by atoms with Crippen molar-refractivity contribution in [1.82, 2.24) is 4.90 Å². The molecule has 1 saturated heterocycles. The summed E-state index contributed by atoms with van der Waals surface area (Å²) in [6.45, 7) is 1.07. The summed E-state index contributed by atoms with van der Waals surface area (Å²) in [5, 5.41) is 9.46. The number of hydrogen-bond acceptors (Lipinski definition) is 3. The number of nitrogens with zero attached hydrogens (tertiary/aromatic N) is 1. The van der Waals surface area contributed by atoms with Crippen LogP contribution in [-0.2, 0) is 27.3 Å². The van der Waals surface area contributed by atoms with Gasteiger partial charge in [-0.2, -0.15) is 0 Å². The van der Waals surface area contributed by atoms with Crippen molar-refractivity contribution >= 4 is 11.9 Å². The summed E-state index contributed by atoms with van der Waals surface area (Å²) < 4.78 is 5.61. The van der Waals surface area contributed by atoms with Crippen molar-refractivity contribution in [3.63, 3.8) is 0 Å². The molecule has 0 saturated carbocycles. The molecule has 0 aliphatic carbocycles. The van der Waals surface area contributed by atoms with Gasteiger partial charge in [-0.3, -0.25) is 4.79 Å². The molecule has 22 heavy (non-hydrogen) atoms. The number of hydrogen-bond donors (Lipinski definition) is 1. The zero-order valence-electron chi connectivity index (χ0n) is 12.5. The molecular formula is C17H21NO4. The quantitative estimate of drug-likeness (QED) is 0.927. The van der Waals surface area contributed by atoms with Crippen molar-refractivity contribution in [1.29, 1.82) is 0 Å². The van der Waals surface area contributed by atoms with Gasteiger partial charge >= 0.3 is 5.97 Å². The van der Waals surface area contributed by atoms with Crippen LogP contribution in [0.3, 0.4) is 0 Å². The van der Waals surface area contributed by atoms with E-state index in [-0.39, 0.29) is 18.4 Å². The molecule has 0 radical (unpaired) electrons. The molecule has 1 fully saturated rings. The second kappa shape index (κ2) is 6.48. The van der Waals surface area contributed by atoms with Crippen molar-refractivity contribution < 1.29 is 19.4 Å². The molecule has 0 spiro atoms. The van der Waals surface area contributed by atoms with Crippen molar-refractivity contribution in [3.8, 4) is 0 Å². The van der Waals surface area contributed by atoms with Gasteiger partial charge in [0, 0.05) is 19.6 Å². The number of amides is 1. The monoisotopic (exact) mass is 303 g/mol. The SMILES string of the molecule is O=C(O)[C@H]1Cc2ccccc2CN1C(=O)C[C@H]1CCCCO1. The van der Waals surface area contributed by atoms with E-state index < -0.39 is 12.0 Å². The van der Waals surface area contributed by atoms with Gasteiger partial charge in [-0.1, -0.05) is 24.3 Å². The normalized spacial score (nSPS) is 24.6. The number of rotatable bonds is 3. The molecule has 5 nitrogen and oxygen atoms in total. The summed E-state index contributed by atoms with van der Waals surface area (Å²) in [6, 6.07) is 6.96. The van der Waals surface area contributed by atoms with E-state index in [1.807, 2.05) is 24.3 Å². The summed E-state index contributed by atoms with van der Waals surface area (Å²) in [6.07, 6.45) is 3.60. The van der Waals surface area contributed by atoms with E-state index in [9.17, 15) is 14.7 Å². The van der Waals surface area contributed by atoms with Crippen LogP contribution in [0.15, 0.2) is 24.3 Å². The lowest BCUT2D eigenvalue weighted by Crippen LogP contribution is -2.49. The highest BCUT2D eigenvalue weighted by Crippen LogP contribution is 2.25. The topological polar surface area (TPSA) is 66.8 Å². The minimum absolute atomic E-state index is 0.0622. The summed E-state index contributed by atoms with van der Waals surface area (Å²) in [7, 11) is 0. The maximum absolute atomic E-state index is 12.6. The van der Waals surface area contributed by atoms with Crippen molar-refractivity contribution in [2.75, 3.05) is 6.61 Å². The Morgan fingerprint density at radius 2 is 2.00 bits per heavy atom. The van der Waals surface area contributed by atoms with Gasteiger partial charge in [0.25, 0.3) is 0 Å². The first kappa shape index (κ1) is 15.0. The molecule has 1 aromatic rings. The molecule has 0 unspecified atom stereocenters. The molecule has 1 amide bonds. The van der Waals surface area contributed by atoms with Crippen LogP contribution in [0.5, 0.6) is 0 Å². The molecule has 2 atom stereocenters. The fraction of sp³-hybridized carbons (Fsp3) is 0.529. The molecular weight excluding hydrogens is 282 g/mol. The number of carbonyl (C=O) groups excluding carboxylic acids is 1.